The minimum Gasteiger partial charge on any atom is -0.466 e. The van der Waals surface area contributed by atoms with E-state index in [1.807, 2.05) is 0 Å². The number of aliphatic hydroxyl groups is 2. The van der Waals surface area contributed by atoms with Crippen LogP contribution in [-0.4, -0.2) is 47.4 Å². The van der Waals surface area contributed by atoms with Gasteiger partial charge in [0.1, 0.15) is 0 Å². The Morgan fingerprint density at radius 2 is 0.566 bits per heavy atom. The van der Waals surface area contributed by atoms with Gasteiger partial charge in [-0.25, -0.2) is 0 Å². The zero-order chi connectivity index (χ0) is 59.9. The van der Waals surface area contributed by atoms with Crippen molar-refractivity contribution in [3.8, 4) is 0 Å². The number of aliphatic hydroxyl groups excluding tert-OH is 2. The number of rotatable bonds is 73. The first-order valence-corrected chi connectivity index (χ1v) is 38.4. The Balaban J connectivity index is 3.36. The second-order valence-corrected chi connectivity index (χ2v) is 26.7. The Morgan fingerprint density at radius 1 is 0.325 bits per heavy atom. The molecule has 0 saturated carbocycles. The summed E-state index contributed by atoms with van der Waals surface area (Å²) in [6.45, 7) is 5.01. The molecule has 6 heteroatoms. The van der Waals surface area contributed by atoms with Gasteiger partial charge in [-0.1, -0.05) is 392 Å². The van der Waals surface area contributed by atoms with Crippen molar-refractivity contribution in [3.63, 3.8) is 0 Å². The number of carbonyl (C=O) groups excluding carboxylic acids is 2. The van der Waals surface area contributed by atoms with Crippen LogP contribution < -0.4 is 5.32 Å². The number of carbonyl (C=O) groups is 2. The first kappa shape index (κ1) is 81.6. The highest BCUT2D eigenvalue weighted by Gasteiger charge is 2.20. The van der Waals surface area contributed by atoms with E-state index in [-0.39, 0.29) is 18.5 Å². The number of hydrogen-bond acceptors (Lipinski definition) is 5. The quantitative estimate of drug-likeness (QED) is 0.0320. The van der Waals surface area contributed by atoms with Gasteiger partial charge in [-0.2, -0.15) is 0 Å². The van der Waals surface area contributed by atoms with Gasteiger partial charge >= 0.3 is 5.97 Å². The molecule has 494 valence electrons. The summed E-state index contributed by atoms with van der Waals surface area (Å²) in [6, 6.07) is -0.542. The molecule has 0 aromatic rings. The van der Waals surface area contributed by atoms with Gasteiger partial charge in [-0.3, -0.25) is 9.59 Å². The van der Waals surface area contributed by atoms with Crippen molar-refractivity contribution in [1.82, 2.24) is 5.32 Å². The lowest BCUT2D eigenvalue weighted by Gasteiger charge is -2.22. The third-order valence-corrected chi connectivity index (χ3v) is 18.3. The minimum absolute atomic E-state index is 0.0213. The van der Waals surface area contributed by atoms with Crippen LogP contribution in [0, 0.1) is 0 Å². The molecule has 0 aromatic heterocycles. The normalized spacial score (nSPS) is 12.5. The molecular weight excluding hydrogens is 1020 g/mol. The summed E-state index contributed by atoms with van der Waals surface area (Å²) in [5, 5.41) is 23.4. The van der Waals surface area contributed by atoms with Crippen molar-refractivity contribution < 1.29 is 24.5 Å². The smallest absolute Gasteiger partial charge is 0.305 e. The molecule has 0 saturated heterocycles. The lowest BCUT2D eigenvalue weighted by Crippen LogP contribution is -2.45. The summed E-state index contributed by atoms with van der Waals surface area (Å²) in [5.74, 6) is -0.00934. The molecule has 0 heterocycles. The summed E-state index contributed by atoms with van der Waals surface area (Å²) >= 11 is 0. The Bertz CT molecular complexity index is 1260. The largest absolute Gasteiger partial charge is 0.466 e. The van der Waals surface area contributed by atoms with Gasteiger partial charge < -0.3 is 20.3 Å². The third kappa shape index (κ3) is 69.6. The molecule has 0 bridgehead atoms. The monoisotopic (exact) mass is 1170 g/mol. The number of hydrogen-bond donors (Lipinski definition) is 3. The highest BCUT2D eigenvalue weighted by molar-refractivity contribution is 5.76. The van der Waals surface area contributed by atoms with Gasteiger partial charge in [-0.15, -0.1) is 0 Å². The first-order valence-electron chi connectivity index (χ1n) is 38.4. The van der Waals surface area contributed by atoms with E-state index < -0.39 is 12.1 Å². The Morgan fingerprint density at radius 3 is 0.855 bits per heavy atom. The van der Waals surface area contributed by atoms with Gasteiger partial charge in [0.25, 0.3) is 0 Å². The maximum atomic E-state index is 12.6. The lowest BCUT2D eigenvalue weighted by atomic mass is 10.0. The van der Waals surface area contributed by atoms with E-state index >= 15 is 0 Å². The summed E-state index contributed by atoms with van der Waals surface area (Å²) in [4.78, 5) is 24.7. The molecule has 2 unspecified atom stereocenters. The molecule has 6 nitrogen and oxygen atoms in total. The SMILES string of the molecule is CCCCCCCCCCCCCCCCCCCCCCC(O)C(CO)NC(=O)CCCCCCCCCCCCC/C=C\CCCCCCCCCCCCCCOC(=O)CCCCCCCCCCCCCCCCCCCCC. The molecule has 0 aliphatic heterocycles. The molecule has 0 aliphatic rings. The number of nitrogens with one attached hydrogen (secondary N) is 1. The lowest BCUT2D eigenvalue weighted by molar-refractivity contribution is -0.143. The van der Waals surface area contributed by atoms with Crippen LogP contribution in [0.5, 0.6) is 0 Å². The summed E-state index contributed by atoms with van der Waals surface area (Å²) in [6.07, 6.45) is 91.4. The van der Waals surface area contributed by atoms with Gasteiger partial charge in [0.05, 0.1) is 25.4 Å². The van der Waals surface area contributed by atoms with Crippen LogP contribution in [0.25, 0.3) is 0 Å². The molecule has 0 aromatic carbocycles. The van der Waals surface area contributed by atoms with E-state index in [1.165, 1.54) is 372 Å². The number of unbranched alkanes of at least 4 members (excludes halogenated alkanes) is 60. The van der Waals surface area contributed by atoms with Gasteiger partial charge in [0.15, 0.2) is 0 Å². The second-order valence-electron chi connectivity index (χ2n) is 26.7. The minimum atomic E-state index is -0.665. The summed E-state index contributed by atoms with van der Waals surface area (Å²) in [7, 11) is 0. The number of allylic oxidation sites excluding steroid dienone is 2. The molecule has 0 radical (unpaired) electrons. The summed E-state index contributed by atoms with van der Waals surface area (Å²) in [5.41, 5.74) is 0. The molecule has 3 N–H and O–H groups in total. The molecule has 0 rings (SSSR count). The van der Waals surface area contributed by atoms with Crippen LogP contribution in [0.15, 0.2) is 12.2 Å². The van der Waals surface area contributed by atoms with Crippen molar-refractivity contribution in [2.45, 2.75) is 456 Å². The fraction of sp³-hybridized carbons (Fsp3) is 0.948. The maximum Gasteiger partial charge on any atom is 0.305 e. The summed E-state index contributed by atoms with van der Waals surface area (Å²) < 4.78 is 5.52. The Hall–Kier alpha value is -1.40. The topological polar surface area (TPSA) is 95.9 Å². The van der Waals surface area contributed by atoms with E-state index in [1.54, 1.807) is 0 Å². The molecule has 0 aliphatic carbocycles. The Kier molecular flexibility index (Phi) is 71.8. The molecule has 0 fully saturated rings. The molecule has 1 amide bonds. The van der Waals surface area contributed by atoms with Crippen LogP contribution in [0.2, 0.25) is 0 Å². The number of esters is 1. The van der Waals surface area contributed by atoms with E-state index in [4.69, 9.17) is 4.74 Å². The molecule has 0 spiro atoms. The maximum absolute atomic E-state index is 12.6. The number of amides is 1. The van der Waals surface area contributed by atoms with Gasteiger partial charge in [0.2, 0.25) is 5.91 Å². The average molecular weight is 1170 g/mol. The molecular formula is C77H151NO5. The second kappa shape index (κ2) is 73.1. The molecule has 83 heavy (non-hydrogen) atoms. The van der Waals surface area contributed by atoms with Gasteiger partial charge in [0, 0.05) is 12.8 Å². The van der Waals surface area contributed by atoms with Crippen molar-refractivity contribution >= 4 is 11.9 Å². The zero-order valence-corrected chi connectivity index (χ0v) is 56.7. The van der Waals surface area contributed by atoms with E-state index in [0.717, 1.165) is 38.5 Å². The highest BCUT2D eigenvalue weighted by atomic mass is 16.5. The standard InChI is InChI=1S/C77H151NO5/c1-3-5-7-9-11-13-15-17-19-21-23-34-37-41-45-49-53-57-61-65-69-75(80)74(73-79)78-76(81)70-66-62-58-54-50-46-42-38-35-31-29-27-25-24-26-28-30-32-36-40-44-48-52-56-60-64-68-72-83-77(82)71-67-63-59-55-51-47-43-39-33-22-20-18-16-14-12-10-8-6-4-2/h24-25,74-75,79-80H,3-23,26-73H2,1-2H3,(H,78,81)/b25-24-. The van der Waals surface area contributed by atoms with Crippen molar-refractivity contribution in [3.05, 3.63) is 12.2 Å². The first-order chi connectivity index (χ1) is 41.0. The predicted octanol–water partition coefficient (Wildman–Crippen LogP) is 25.1. The van der Waals surface area contributed by atoms with Gasteiger partial charge in [-0.05, 0) is 51.4 Å². The van der Waals surface area contributed by atoms with Crippen LogP contribution in [0.4, 0.5) is 0 Å². The van der Waals surface area contributed by atoms with Crippen LogP contribution >= 0.6 is 0 Å². The van der Waals surface area contributed by atoms with E-state index in [9.17, 15) is 19.8 Å². The zero-order valence-electron chi connectivity index (χ0n) is 56.7. The van der Waals surface area contributed by atoms with E-state index in [2.05, 4.69) is 31.3 Å². The van der Waals surface area contributed by atoms with Crippen molar-refractivity contribution in [1.29, 1.82) is 0 Å². The average Bonchev–Trinajstić information content (AvgIpc) is 3.49. The fourth-order valence-electron chi connectivity index (χ4n) is 12.5. The molecule has 2 atom stereocenters. The van der Waals surface area contributed by atoms with Crippen molar-refractivity contribution in [2.24, 2.45) is 0 Å². The van der Waals surface area contributed by atoms with Crippen LogP contribution in [0.1, 0.15) is 444 Å². The Labute approximate surface area is 520 Å². The fourth-order valence-corrected chi connectivity index (χ4v) is 12.5. The van der Waals surface area contributed by atoms with Crippen LogP contribution in [0.3, 0.4) is 0 Å². The third-order valence-electron chi connectivity index (χ3n) is 18.3. The number of ether oxygens (including phenoxy) is 1. The van der Waals surface area contributed by atoms with Crippen LogP contribution in [-0.2, 0) is 14.3 Å². The van der Waals surface area contributed by atoms with E-state index in [0.29, 0.717) is 25.9 Å². The highest BCUT2D eigenvalue weighted by Crippen LogP contribution is 2.20. The predicted molar refractivity (Wildman–Crippen MR) is 366 cm³/mol. The van der Waals surface area contributed by atoms with Crippen molar-refractivity contribution in [2.75, 3.05) is 13.2 Å².